The molecule has 0 aliphatic heterocycles. The first kappa shape index (κ1) is 12.9. The van der Waals surface area contributed by atoms with Gasteiger partial charge in [-0.1, -0.05) is 30.7 Å². The van der Waals surface area contributed by atoms with E-state index < -0.39 is 0 Å². The van der Waals surface area contributed by atoms with E-state index in [1.54, 1.807) is 6.26 Å². The standard InChI is InChI=1S/C16H18BrNO/c1-18-15(14-9-10-19-16(14)17)13-8-3-2-7-12(13)11-5-4-6-11/h2-3,7-11,15,18H,4-6H2,1H3. The van der Waals surface area contributed by atoms with Crippen LogP contribution in [0, 0.1) is 0 Å². The number of halogens is 1. The van der Waals surface area contributed by atoms with Crippen molar-refractivity contribution in [1.29, 1.82) is 0 Å². The molecule has 3 rings (SSSR count). The molecular formula is C16H18BrNO. The Balaban J connectivity index is 2.02. The van der Waals surface area contributed by atoms with Crippen LogP contribution in [0.15, 0.2) is 45.7 Å². The van der Waals surface area contributed by atoms with Crippen LogP contribution in [0.4, 0.5) is 0 Å². The van der Waals surface area contributed by atoms with Crippen LogP contribution in [0.2, 0.25) is 0 Å². The molecule has 2 nitrogen and oxygen atoms in total. The number of nitrogens with one attached hydrogen (secondary N) is 1. The SMILES string of the molecule is CNC(c1ccccc1C1CCC1)c1ccoc1Br. The number of rotatable bonds is 4. The molecule has 2 aromatic rings. The zero-order valence-corrected chi connectivity index (χ0v) is 12.6. The van der Waals surface area contributed by atoms with E-state index in [0.717, 1.165) is 16.2 Å². The molecule has 1 aliphatic carbocycles. The van der Waals surface area contributed by atoms with Crippen molar-refractivity contribution < 1.29 is 4.42 Å². The normalized spacial score (nSPS) is 17.2. The Morgan fingerprint density at radius 2 is 2.00 bits per heavy atom. The van der Waals surface area contributed by atoms with Crippen molar-refractivity contribution in [1.82, 2.24) is 5.32 Å². The summed E-state index contributed by atoms with van der Waals surface area (Å²) in [5, 5.41) is 3.42. The van der Waals surface area contributed by atoms with Crippen molar-refractivity contribution in [2.24, 2.45) is 0 Å². The Morgan fingerprint density at radius 3 is 2.58 bits per heavy atom. The third-order valence-corrected chi connectivity index (χ3v) is 4.74. The molecule has 1 aliphatic rings. The summed E-state index contributed by atoms with van der Waals surface area (Å²) in [6.45, 7) is 0. The summed E-state index contributed by atoms with van der Waals surface area (Å²) in [7, 11) is 2.00. The maximum atomic E-state index is 5.39. The quantitative estimate of drug-likeness (QED) is 0.889. The van der Waals surface area contributed by atoms with Crippen LogP contribution in [-0.4, -0.2) is 7.05 Å². The van der Waals surface area contributed by atoms with Gasteiger partial charge in [0.05, 0.1) is 12.3 Å². The number of hydrogen-bond acceptors (Lipinski definition) is 2. The first-order chi connectivity index (χ1) is 9.31. The van der Waals surface area contributed by atoms with Gasteiger partial charge in [0, 0.05) is 5.56 Å². The topological polar surface area (TPSA) is 25.2 Å². The van der Waals surface area contributed by atoms with E-state index >= 15 is 0 Å². The molecule has 0 saturated heterocycles. The lowest BCUT2D eigenvalue weighted by atomic mass is 9.76. The summed E-state index contributed by atoms with van der Waals surface area (Å²) in [6.07, 6.45) is 5.73. The van der Waals surface area contributed by atoms with Crippen LogP contribution in [0.5, 0.6) is 0 Å². The lowest BCUT2D eigenvalue weighted by molar-refractivity contribution is 0.414. The second-order valence-corrected chi connectivity index (χ2v) is 5.85. The van der Waals surface area contributed by atoms with E-state index in [1.165, 1.54) is 30.4 Å². The van der Waals surface area contributed by atoms with Gasteiger partial charge in [-0.25, -0.2) is 0 Å². The highest BCUT2D eigenvalue weighted by Crippen LogP contribution is 2.41. The van der Waals surface area contributed by atoms with Gasteiger partial charge in [0.1, 0.15) is 0 Å². The van der Waals surface area contributed by atoms with Gasteiger partial charge in [0.2, 0.25) is 0 Å². The Labute approximate surface area is 122 Å². The maximum Gasteiger partial charge on any atom is 0.174 e. The summed E-state index contributed by atoms with van der Waals surface area (Å²) >= 11 is 3.49. The molecule has 0 radical (unpaired) electrons. The van der Waals surface area contributed by atoms with E-state index in [0.29, 0.717) is 0 Å². The minimum Gasteiger partial charge on any atom is -0.457 e. The van der Waals surface area contributed by atoms with E-state index in [1.807, 2.05) is 13.1 Å². The van der Waals surface area contributed by atoms with Crippen molar-refractivity contribution in [2.75, 3.05) is 7.05 Å². The zero-order chi connectivity index (χ0) is 13.2. The van der Waals surface area contributed by atoms with Gasteiger partial charge in [0.15, 0.2) is 4.67 Å². The summed E-state index contributed by atoms with van der Waals surface area (Å²) in [5.41, 5.74) is 4.02. The molecule has 1 heterocycles. The molecule has 1 saturated carbocycles. The van der Waals surface area contributed by atoms with Crippen molar-refractivity contribution >= 4 is 15.9 Å². The Bertz CT molecular complexity index is 559. The monoisotopic (exact) mass is 319 g/mol. The average Bonchev–Trinajstić information content (AvgIpc) is 2.77. The van der Waals surface area contributed by atoms with Crippen molar-refractivity contribution in [3.63, 3.8) is 0 Å². The molecule has 1 fully saturated rings. The molecule has 1 aromatic heterocycles. The van der Waals surface area contributed by atoms with Gasteiger partial charge < -0.3 is 9.73 Å². The van der Waals surface area contributed by atoms with E-state index in [9.17, 15) is 0 Å². The third kappa shape index (κ3) is 2.37. The molecule has 0 spiro atoms. The van der Waals surface area contributed by atoms with Gasteiger partial charge in [0.25, 0.3) is 0 Å². The second-order valence-electron chi connectivity index (χ2n) is 5.13. The van der Waals surface area contributed by atoms with Crippen LogP contribution in [-0.2, 0) is 0 Å². The van der Waals surface area contributed by atoms with Gasteiger partial charge in [-0.2, -0.15) is 0 Å². The van der Waals surface area contributed by atoms with Gasteiger partial charge in [-0.05, 0) is 58.9 Å². The summed E-state index contributed by atoms with van der Waals surface area (Å²) in [6, 6.07) is 11.0. The predicted molar refractivity (Wildman–Crippen MR) is 80.3 cm³/mol. The fourth-order valence-corrected chi connectivity index (χ4v) is 3.32. The molecule has 1 N–H and O–H groups in total. The van der Waals surface area contributed by atoms with Gasteiger partial charge >= 0.3 is 0 Å². The van der Waals surface area contributed by atoms with Crippen molar-refractivity contribution in [3.8, 4) is 0 Å². The first-order valence-corrected chi connectivity index (χ1v) is 7.59. The molecule has 1 aromatic carbocycles. The molecular weight excluding hydrogens is 302 g/mol. The minimum atomic E-state index is 0.185. The Morgan fingerprint density at radius 1 is 1.21 bits per heavy atom. The summed E-state index contributed by atoms with van der Waals surface area (Å²) in [5.74, 6) is 0.734. The largest absolute Gasteiger partial charge is 0.457 e. The fourth-order valence-electron chi connectivity index (χ4n) is 2.85. The molecule has 1 unspecified atom stereocenters. The molecule has 0 bridgehead atoms. The molecule has 3 heteroatoms. The highest BCUT2D eigenvalue weighted by molar-refractivity contribution is 9.10. The minimum absolute atomic E-state index is 0.185. The van der Waals surface area contributed by atoms with Crippen molar-refractivity contribution in [2.45, 2.75) is 31.2 Å². The van der Waals surface area contributed by atoms with Gasteiger partial charge in [-0.15, -0.1) is 0 Å². The number of hydrogen-bond donors (Lipinski definition) is 1. The van der Waals surface area contributed by atoms with Crippen LogP contribution < -0.4 is 5.32 Å². The maximum absolute atomic E-state index is 5.39. The number of furan rings is 1. The zero-order valence-electron chi connectivity index (χ0n) is 11.0. The fraction of sp³-hybridized carbons (Fsp3) is 0.375. The lowest BCUT2D eigenvalue weighted by Crippen LogP contribution is -2.21. The summed E-state index contributed by atoms with van der Waals surface area (Å²) < 4.78 is 6.20. The van der Waals surface area contributed by atoms with Crippen LogP contribution in [0.25, 0.3) is 0 Å². The number of benzene rings is 1. The van der Waals surface area contributed by atoms with Crippen molar-refractivity contribution in [3.05, 3.63) is 58.0 Å². The predicted octanol–water partition coefficient (Wildman–Crippen LogP) is 4.62. The molecule has 1 atom stereocenters. The Hall–Kier alpha value is -1.06. The highest BCUT2D eigenvalue weighted by Gasteiger charge is 2.26. The van der Waals surface area contributed by atoms with Crippen LogP contribution in [0.1, 0.15) is 47.9 Å². The van der Waals surface area contributed by atoms with E-state index in [4.69, 9.17) is 4.42 Å². The molecule has 19 heavy (non-hydrogen) atoms. The molecule has 100 valence electrons. The average molecular weight is 320 g/mol. The molecule has 0 amide bonds. The van der Waals surface area contributed by atoms with Crippen LogP contribution in [0.3, 0.4) is 0 Å². The van der Waals surface area contributed by atoms with E-state index in [-0.39, 0.29) is 6.04 Å². The third-order valence-electron chi connectivity index (χ3n) is 4.10. The lowest BCUT2D eigenvalue weighted by Gasteiger charge is -2.30. The smallest absolute Gasteiger partial charge is 0.174 e. The van der Waals surface area contributed by atoms with Crippen LogP contribution >= 0.6 is 15.9 Å². The Kier molecular flexibility index (Phi) is 3.76. The summed E-state index contributed by atoms with van der Waals surface area (Å²) in [4.78, 5) is 0. The van der Waals surface area contributed by atoms with E-state index in [2.05, 4.69) is 45.5 Å². The highest BCUT2D eigenvalue weighted by atomic mass is 79.9. The second kappa shape index (κ2) is 5.51. The first-order valence-electron chi connectivity index (χ1n) is 6.80. The van der Waals surface area contributed by atoms with Gasteiger partial charge in [-0.3, -0.25) is 0 Å².